The lowest BCUT2D eigenvalue weighted by Crippen LogP contribution is -2.02. The van der Waals surface area contributed by atoms with Crippen molar-refractivity contribution in [3.8, 4) is 39.3 Å². The smallest absolute Gasteiger partial charge is 0.144 e. The van der Waals surface area contributed by atoms with E-state index in [9.17, 15) is 0 Å². The fourth-order valence-corrected chi connectivity index (χ4v) is 5.58. The highest BCUT2D eigenvalue weighted by Gasteiger charge is 2.16. The van der Waals surface area contributed by atoms with Gasteiger partial charge in [0.2, 0.25) is 0 Å². The third-order valence-electron chi connectivity index (χ3n) is 7.67. The standard InChI is InChI=1S/C37H40N2/c1-6-7-8-9-11-30-16-20-32(21-17-30)35-22-27(3)36(28(4)23-35)39-25-29(5)38-37(39)34-13-10-12-33(24-34)31-18-14-26(2)15-19-31/h10,12-25H,6-9,11H2,1-5H3. The number of rotatable bonds is 9. The van der Waals surface area contributed by atoms with Crippen LogP contribution in [0.4, 0.5) is 0 Å². The van der Waals surface area contributed by atoms with Gasteiger partial charge in [-0.1, -0.05) is 98.5 Å². The Morgan fingerprint density at radius 1 is 0.615 bits per heavy atom. The summed E-state index contributed by atoms with van der Waals surface area (Å²) < 4.78 is 2.28. The molecule has 0 aliphatic heterocycles. The van der Waals surface area contributed by atoms with Gasteiger partial charge in [0.05, 0.1) is 11.4 Å². The third-order valence-corrected chi connectivity index (χ3v) is 7.67. The number of nitrogens with zero attached hydrogens (tertiary/aromatic N) is 2. The molecule has 5 aromatic rings. The molecule has 0 unspecified atom stereocenters. The van der Waals surface area contributed by atoms with Gasteiger partial charge in [-0.15, -0.1) is 0 Å². The quantitative estimate of drug-likeness (QED) is 0.180. The largest absolute Gasteiger partial charge is 0.299 e. The SMILES string of the molecule is CCCCCCc1ccc(-c2cc(C)c(-n3cc(C)nc3-c3cccc(-c4ccc(C)cc4)c3)c(C)c2)cc1. The monoisotopic (exact) mass is 512 g/mol. The number of imidazole rings is 1. The molecule has 1 aromatic heterocycles. The summed E-state index contributed by atoms with van der Waals surface area (Å²) in [5.41, 5.74) is 13.5. The molecule has 39 heavy (non-hydrogen) atoms. The van der Waals surface area contributed by atoms with Gasteiger partial charge in [-0.3, -0.25) is 4.57 Å². The average Bonchev–Trinajstić information content (AvgIpc) is 3.32. The van der Waals surface area contributed by atoms with Crippen LogP contribution in [0.3, 0.4) is 0 Å². The van der Waals surface area contributed by atoms with Crippen LogP contribution < -0.4 is 0 Å². The van der Waals surface area contributed by atoms with Gasteiger partial charge < -0.3 is 0 Å². The summed E-state index contributed by atoms with van der Waals surface area (Å²) in [5, 5.41) is 0. The van der Waals surface area contributed by atoms with Crippen molar-refractivity contribution in [2.75, 3.05) is 0 Å². The summed E-state index contributed by atoms with van der Waals surface area (Å²) in [6.45, 7) is 10.9. The maximum atomic E-state index is 4.98. The minimum Gasteiger partial charge on any atom is -0.299 e. The minimum absolute atomic E-state index is 0.979. The Morgan fingerprint density at radius 2 is 1.26 bits per heavy atom. The van der Waals surface area contributed by atoms with Crippen molar-refractivity contribution < 1.29 is 0 Å². The summed E-state index contributed by atoms with van der Waals surface area (Å²) in [6.07, 6.45) is 8.55. The minimum atomic E-state index is 0.979. The van der Waals surface area contributed by atoms with Crippen LogP contribution in [0, 0.1) is 27.7 Å². The molecule has 0 aliphatic rings. The number of unbranched alkanes of at least 4 members (excludes halogenated alkanes) is 3. The van der Waals surface area contributed by atoms with Crippen molar-refractivity contribution in [3.05, 3.63) is 119 Å². The highest BCUT2D eigenvalue weighted by molar-refractivity contribution is 5.73. The lowest BCUT2D eigenvalue weighted by atomic mass is 9.96. The van der Waals surface area contributed by atoms with Crippen LogP contribution in [0.2, 0.25) is 0 Å². The van der Waals surface area contributed by atoms with Crippen molar-refractivity contribution in [3.63, 3.8) is 0 Å². The van der Waals surface area contributed by atoms with E-state index >= 15 is 0 Å². The van der Waals surface area contributed by atoms with Gasteiger partial charge in [0.25, 0.3) is 0 Å². The molecule has 0 N–H and O–H groups in total. The first kappa shape index (κ1) is 26.7. The summed E-state index contributed by atoms with van der Waals surface area (Å²) in [4.78, 5) is 4.98. The van der Waals surface area contributed by atoms with Gasteiger partial charge >= 0.3 is 0 Å². The van der Waals surface area contributed by atoms with Gasteiger partial charge in [-0.2, -0.15) is 0 Å². The summed E-state index contributed by atoms with van der Waals surface area (Å²) in [5.74, 6) is 0.979. The van der Waals surface area contributed by atoms with E-state index in [1.165, 1.54) is 82.3 Å². The molecule has 0 spiro atoms. The third kappa shape index (κ3) is 6.06. The predicted molar refractivity (Wildman–Crippen MR) is 167 cm³/mol. The van der Waals surface area contributed by atoms with Crippen molar-refractivity contribution in [1.29, 1.82) is 0 Å². The molecular formula is C37H40N2. The van der Waals surface area contributed by atoms with Crippen LogP contribution in [0.1, 0.15) is 60.6 Å². The second kappa shape index (κ2) is 11.9. The van der Waals surface area contributed by atoms with Gasteiger partial charge in [0, 0.05) is 11.8 Å². The second-order valence-electron chi connectivity index (χ2n) is 11.0. The molecule has 0 saturated carbocycles. The van der Waals surface area contributed by atoms with E-state index in [1.54, 1.807) is 0 Å². The Hall–Kier alpha value is -3.91. The Kier molecular flexibility index (Phi) is 8.12. The van der Waals surface area contributed by atoms with Crippen LogP contribution in [0.25, 0.3) is 39.3 Å². The van der Waals surface area contributed by atoms with E-state index in [4.69, 9.17) is 4.98 Å². The van der Waals surface area contributed by atoms with E-state index in [1.807, 2.05) is 0 Å². The zero-order valence-electron chi connectivity index (χ0n) is 24.1. The predicted octanol–water partition coefficient (Wildman–Crippen LogP) is 10.2. The highest BCUT2D eigenvalue weighted by atomic mass is 15.1. The van der Waals surface area contributed by atoms with Crippen molar-refractivity contribution in [2.45, 2.75) is 66.7 Å². The molecular weight excluding hydrogens is 472 g/mol. The van der Waals surface area contributed by atoms with Crippen LogP contribution in [0.5, 0.6) is 0 Å². The Labute approximate surface area is 234 Å². The second-order valence-corrected chi connectivity index (χ2v) is 11.0. The fraction of sp³-hybridized carbons (Fsp3) is 0.270. The van der Waals surface area contributed by atoms with E-state index < -0.39 is 0 Å². The summed E-state index contributed by atoms with van der Waals surface area (Å²) in [7, 11) is 0. The molecule has 1 heterocycles. The van der Waals surface area contributed by atoms with Gasteiger partial charge in [0.1, 0.15) is 5.82 Å². The molecule has 0 saturated heterocycles. The topological polar surface area (TPSA) is 17.8 Å². The molecule has 4 aromatic carbocycles. The molecule has 0 aliphatic carbocycles. The first-order chi connectivity index (χ1) is 18.9. The normalized spacial score (nSPS) is 11.2. The average molecular weight is 513 g/mol. The summed E-state index contributed by atoms with van der Waals surface area (Å²) in [6, 6.07) is 31.3. The van der Waals surface area contributed by atoms with E-state index in [0.717, 1.165) is 17.1 Å². The van der Waals surface area contributed by atoms with E-state index in [0.29, 0.717) is 0 Å². The lowest BCUT2D eigenvalue weighted by molar-refractivity contribution is 0.667. The molecule has 0 fully saturated rings. The lowest BCUT2D eigenvalue weighted by Gasteiger charge is -2.17. The Morgan fingerprint density at radius 3 is 1.95 bits per heavy atom. The number of hydrogen-bond acceptors (Lipinski definition) is 1. The number of aryl methyl sites for hydroxylation is 5. The molecule has 2 nitrogen and oxygen atoms in total. The highest BCUT2D eigenvalue weighted by Crippen LogP contribution is 2.33. The maximum Gasteiger partial charge on any atom is 0.144 e. The van der Waals surface area contributed by atoms with Gasteiger partial charge in [-0.25, -0.2) is 4.98 Å². The van der Waals surface area contributed by atoms with E-state index in [-0.39, 0.29) is 0 Å². The van der Waals surface area contributed by atoms with Crippen LogP contribution >= 0.6 is 0 Å². The maximum absolute atomic E-state index is 4.98. The van der Waals surface area contributed by atoms with Crippen LogP contribution in [-0.2, 0) is 6.42 Å². The Bertz CT molecular complexity index is 1530. The zero-order valence-corrected chi connectivity index (χ0v) is 24.1. The molecule has 2 heteroatoms. The van der Waals surface area contributed by atoms with Gasteiger partial charge in [-0.05, 0) is 97.7 Å². The van der Waals surface area contributed by atoms with Crippen molar-refractivity contribution >= 4 is 0 Å². The molecule has 5 rings (SSSR count). The van der Waals surface area contributed by atoms with Crippen molar-refractivity contribution in [1.82, 2.24) is 9.55 Å². The summed E-state index contributed by atoms with van der Waals surface area (Å²) >= 11 is 0. The first-order valence-electron chi connectivity index (χ1n) is 14.4. The van der Waals surface area contributed by atoms with Crippen LogP contribution in [0.15, 0.2) is 91.1 Å². The van der Waals surface area contributed by atoms with Gasteiger partial charge in [0.15, 0.2) is 0 Å². The molecule has 0 bridgehead atoms. The molecule has 0 amide bonds. The van der Waals surface area contributed by atoms with Crippen LogP contribution in [-0.4, -0.2) is 9.55 Å². The first-order valence-corrected chi connectivity index (χ1v) is 14.4. The molecule has 198 valence electrons. The number of hydrogen-bond donors (Lipinski definition) is 0. The van der Waals surface area contributed by atoms with Crippen molar-refractivity contribution in [2.24, 2.45) is 0 Å². The fourth-order valence-electron chi connectivity index (χ4n) is 5.58. The Balaban J connectivity index is 1.45. The molecule has 0 atom stereocenters. The number of aromatic nitrogens is 2. The number of benzene rings is 4. The zero-order chi connectivity index (χ0) is 27.4. The molecule has 0 radical (unpaired) electrons. The van der Waals surface area contributed by atoms with E-state index in [2.05, 4.69) is 130 Å².